The second-order valence-corrected chi connectivity index (χ2v) is 5.18. The second-order valence-electron chi connectivity index (χ2n) is 5.18. The summed E-state index contributed by atoms with van der Waals surface area (Å²) in [6, 6.07) is 2.01. The molecule has 1 aliphatic heterocycles. The quantitative estimate of drug-likeness (QED) is 0.889. The van der Waals surface area contributed by atoms with Gasteiger partial charge in [-0.15, -0.1) is 0 Å². The lowest BCUT2D eigenvalue weighted by atomic mass is 9.74. The number of nitrogens with zero attached hydrogens (tertiary/aromatic N) is 3. The van der Waals surface area contributed by atoms with Gasteiger partial charge in [-0.1, -0.05) is 26.7 Å². The molecule has 1 aliphatic rings. The van der Waals surface area contributed by atoms with Crippen molar-refractivity contribution in [1.82, 2.24) is 9.97 Å². The summed E-state index contributed by atoms with van der Waals surface area (Å²) < 4.78 is 0. The van der Waals surface area contributed by atoms with E-state index in [1.807, 2.05) is 19.3 Å². The van der Waals surface area contributed by atoms with Crippen molar-refractivity contribution in [1.29, 1.82) is 0 Å². The van der Waals surface area contributed by atoms with Gasteiger partial charge in [-0.25, -0.2) is 4.98 Å². The molecule has 1 aromatic heterocycles. The van der Waals surface area contributed by atoms with Crippen molar-refractivity contribution in [3.8, 4) is 0 Å². The van der Waals surface area contributed by atoms with Crippen molar-refractivity contribution >= 4 is 11.8 Å². The van der Waals surface area contributed by atoms with Gasteiger partial charge < -0.3 is 10.2 Å². The van der Waals surface area contributed by atoms with Crippen LogP contribution in [-0.2, 0) is 0 Å². The van der Waals surface area contributed by atoms with E-state index in [9.17, 15) is 0 Å². The van der Waals surface area contributed by atoms with Gasteiger partial charge >= 0.3 is 0 Å². The van der Waals surface area contributed by atoms with Gasteiger partial charge in [-0.05, 0) is 24.3 Å². The summed E-state index contributed by atoms with van der Waals surface area (Å²) in [5, 5.41) is 3.00. The molecule has 0 saturated carbocycles. The molecule has 1 N–H and O–H groups in total. The minimum Gasteiger partial charge on any atom is -0.357 e. The summed E-state index contributed by atoms with van der Waals surface area (Å²) in [5.74, 6) is 1.76. The van der Waals surface area contributed by atoms with Crippen molar-refractivity contribution in [2.45, 2.75) is 39.5 Å². The van der Waals surface area contributed by atoms with E-state index < -0.39 is 0 Å². The largest absolute Gasteiger partial charge is 0.357 e. The summed E-state index contributed by atoms with van der Waals surface area (Å²) in [7, 11) is 1.86. The zero-order chi connectivity index (χ0) is 13.0. The third-order valence-electron chi connectivity index (χ3n) is 4.51. The van der Waals surface area contributed by atoms with Crippen LogP contribution in [0, 0.1) is 5.41 Å². The molecule has 4 nitrogen and oxygen atoms in total. The number of nitrogens with one attached hydrogen (secondary N) is 1. The van der Waals surface area contributed by atoms with Crippen molar-refractivity contribution in [2.24, 2.45) is 5.41 Å². The average molecular weight is 248 g/mol. The van der Waals surface area contributed by atoms with Gasteiger partial charge in [0.15, 0.2) is 0 Å². The van der Waals surface area contributed by atoms with Crippen molar-refractivity contribution in [3.05, 3.63) is 12.3 Å². The Balaban J connectivity index is 2.04. The molecule has 0 atom stereocenters. The van der Waals surface area contributed by atoms with E-state index >= 15 is 0 Å². The molecule has 2 heterocycles. The van der Waals surface area contributed by atoms with Crippen LogP contribution in [0.5, 0.6) is 0 Å². The number of piperidine rings is 1. The number of rotatable bonds is 4. The highest BCUT2D eigenvalue weighted by Crippen LogP contribution is 2.38. The molecule has 1 saturated heterocycles. The Bertz CT molecular complexity index is 377. The van der Waals surface area contributed by atoms with E-state index in [0.29, 0.717) is 11.4 Å². The molecule has 0 radical (unpaired) electrons. The fourth-order valence-electron chi connectivity index (χ4n) is 2.81. The third-order valence-corrected chi connectivity index (χ3v) is 4.51. The van der Waals surface area contributed by atoms with Gasteiger partial charge in [-0.3, -0.25) is 0 Å². The molecule has 0 unspecified atom stereocenters. The summed E-state index contributed by atoms with van der Waals surface area (Å²) in [6.45, 7) is 6.87. The van der Waals surface area contributed by atoms with Crippen molar-refractivity contribution in [3.63, 3.8) is 0 Å². The van der Waals surface area contributed by atoms with E-state index in [1.54, 1.807) is 0 Å². The Morgan fingerprint density at radius 2 is 1.94 bits per heavy atom. The molecule has 2 rings (SSSR count). The maximum absolute atomic E-state index is 4.52. The van der Waals surface area contributed by atoms with Gasteiger partial charge in [-0.2, -0.15) is 4.98 Å². The fraction of sp³-hybridized carbons (Fsp3) is 0.714. The minimum atomic E-state index is 0.565. The number of aromatic nitrogens is 2. The lowest BCUT2D eigenvalue weighted by Crippen LogP contribution is -2.40. The van der Waals surface area contributed by atoms with Gasteiger partial charge in [0.1, 0.15) is 5.82 Å². The summed E-state index contributed by atoms with van der Waals surface area (Å²) in [6.07, 6.45) is 6.97. The lowest BCUT2D eigenvalue weighted by molar-refractivity contribution is 0.199. The molecule has 0 amide bonds. The first-order chi connectivity index (χ1) is 8.73. The van der Waals surface area contributed by atoms with Crippen LogP contribution < -0.4 is 10.2 Å². The predicted molar refractivity (Wildman–Crippen MR) is 76.0 cm³/mol. The molecule has 0 aromatic carbocycles. The van der Waals surface area contributed by atoms with Gasteiger partial charge in [0.05, 0.1) is 0 Å². The van der Waals surface area contributed by atoms with Crippen LogP contribution in [0.4, 0.5) is 11.8 Å². The molecule has 100 valence electrons. The van der Waals surface area contributed by atoms with E-state index in [4.69, 9.17) is 0 Å². The molecular weight excluding hydrogens is 224 g/mol. The SMILES string of the molecule is CCC1(CC)CCN(c2ccnc(NC)n2)CC1. The van der Waals surface area contributed by atoms with Crippen LogP contribution in [0.15, 0.2) is 12.3 Å². The fourth-order valence-corrected chi connectivity index (χ4v) is 2.81. The third kappa shape index (κ3) is 2.57. The smallest absolute Gasteiger partial charge is 0.224 e. The highest BCUT2D eigenvalue weighted by atomic mass is 15.2. The first-order valence-corrected chi connectivity index (χ1v) is 6.99. The Kier molecular flexibility index (Phi) is 4.04. The Morgan fingerprint density at radius 3 is 2.50 bits per heavy atom. The average Bonchev–Trinajstić information content (AvgIpc) is 2.47. The molecule has 18 heavy (non-hydrogen) atoms. The minimum absolute atomic E-state index is 0.565. The standard InChI is InChI=1S/C14H24N4/c1-4-14(5-2)7-10-18(11-8-14)12-6-9-16-13(15-3)17-12/h6,9H,4-5,7-8,10-11H2,1-3H3,(H,15,16,17). The zero-order valence-electron chi connectivity index (χ0n) is 11.7. The van der Waals surface area contributed by atoms with E-state index in [1.165, 1.54) is 25.7 Å². The first kappa shape index (κ1) is 13.1. The molecule has 0 spiro atoms. The molecular formula is C14H24N4. The first-order valence-electron chi connectivity index (χ1n) is 6.99. The lowest BCUT2D eigenvalue weighted by Gasteiger charge is -2.41. The molecule has 0 bridgehead atoms. The van der Waals surface area contributed by atoms with Gasteiger partial charge in [0, 0.05) is 26.3 Å². The molecule has 0 aliphatic carbocycles. The van der Waals surface area contributed by atoms with Crippen LogP contribution in [0.2, 0.25) is 0 Å². The zero-order valence-corrected chi connectivity index (χ0v) is 11.7. The number of hydrogen-bond donors (Lipinski definition) is 1. The summed E-state index contributed by atoms with van der Waals surface area (Å²) in [4.78, 5) is 11.1. The Morgan fingerprint density at radius 1 is 1.28 bits per heavy atom. The normalized spacial score (nSPS) is 18.7. The maximum atomic E-state index is 4.52. The molecule has 4 heteroatoms. The van der Waals surface area contributed by atoms with Crippen molar-refractivity contribution < 1.29 is 0 Å². The van der Waals surface area contributed by atoms with Crippen molar-refractivity contribution in [2.75, 3.05) is 30.4 Å². The molecule has 1 fully saturated rings. The van der Waals surface area contributed by atoms with E-state index in [-0.39, 0.29) is 0 Å². The summed E-state index contributed by atoms with van der Waals surface area (Å²) >= 11 is 0. The van der Waals surface area contributed by atoms with Gasteiger partial charge in [0.25, 0.3) is 0 Å². The van der Waals surface area contributed by atoms with Crippen LogP contribution in [0.3, 0.4) is 0 Å². The predicted octanol–water partition coefficient (Wildman–Crippen LogP) is 2.92. The molecule has 1 aromatic rings. The highest BCUT2D eigenvalue weighted by molar-refractivity contribution is 5.42. The van der Waals surface area contributed by atoms with Crippen LogP contribution in [0.1, 0.15) is 39.5 Å². The van der Waals surface area contributed by atoms with Crippen LogP contribution in [-0.4, -0.2) is 30.1 Å². The Hall–Kier alpha value is -1.32. The highest BCUT2D eigenvalue weighted by Gasteiger charge is 2.31. The summed E-state index contributed by atoms with van der Waals surface area (Å²) in [5.41, 5.74) is 0.565. The van der Waals surface area contributed by atoms with E-state index in [0.717, 1.165) is 18.9 Å². The van der Waals surface area contributed by atoms with Crippen LogP contribution >= 0.6 is 0 Å². The Labute approximate surface area is 110 Å². The topological polar surface area (TPSA) is 41.1 Å². The number of anilines is 2. The maximum Gasteiger partial charge on any atom is 0.224 e. The van der Waals surface area contributed by atoms with Crippen LogP contribution in [0.25, 0.3) is 0 Å². The monoisotopic (exact) mass is 248 g/mol. The number of hydrogen-bond acceptors (Lipinski definition) is 4. The second kappa shape index (κ2) is 5.55. The van der Waals surface area contributed by atoms with Gasteiger partial charge in [0.2, 0.25) is 5.95 Å². The van der Waals surface area contributed by atoms with E-state index in [2.05, 4.69) is 34.0 Å².